The monoisotopic (exact) mass is 466 g/mol. The van der Waals surface area contributed by atoms with Crippen LogP contribution in [0.2, 0.25) is 0 Å². The highest BCUT2D eigenvalue weighted by molar-refractivity contribution is 6.00. The van der Waals surface area contributed by atoms with Gasteiger partial charge in [-0.2, -0.15) is 5.26 Å². The molecule has 2 aromatic carbocycles. The molecule has 4 aromatic rings. The van der Waals surface area contributed by atoms with Gasteiger partial charge in [0.1, 0.15) is 11.4 Å². The van der Waals surface area contributed by atoms with Crippen molar-refractivity contribution in [3.05, 3.63) is 79.1 Å². The van der Waals surface area contributed by atoms with E-state index in [1.165, 1.54) is 13.0 Å². The van der Waals surface area contributed by atoms with E-state index in [-0.39, 0.29) is 12.6 Å². The van der Waals surface area contributed by atoms with Crippen molar-refractivity contribution in [3.63, 3.8) is 0 Å². The highest BCUT2D eigenvalue weighted by Gasteiger charge is 2.15. The van der Waals surface area contributed by atoms with Crippen LogP contribution >= 0.6 is 0 Å². The lowest BCUT2D eigenvalue weighted by Gasteiger charge is -2.10. The number of benzene rings is 2. The summed E-state index contributed by atoms with van der Waals surface area (Å²) < 4.78 is 12.4. The summed E-state index contributed by atoms with van der Waals surface area (Å²) in [6.07, 6.45) is 4.75. The van der Waals surface area contributed by atoms with Crippen molar-refractivity contribution >= 4 is 28.6 Å². The fourth-order valence-electron chi connectivity index (χ4n) is 3.72. The van der Waals surface area contributed by atoms with E-state index in [1.54, 1.807) is 36.1 Å². The second kappa shape index (κ2) is 9.93. The number of pyridine rings is 1. The first-order valence-corrected chi connectivity index (χ1v) is 10.7. The summed E-state index contributed by atoms with van der Waals surface area (Å²) in [4.78, 5) is 27.9. The molecule has 1 amide bonds. The van der Waals surface area contributed by atoms with Gasteiger partial charge in [-0.1, -0.05) is 18.7 Å². The Bertz CT molecular complexity index is 1500. The van der Waals surface area contributed by atoms with Gasteiger partial charge in [0, 0.05) is 47.6 Å². The Morgan fingerprint density at radius 1 is 1.17 bits per heavy atom. The number of carbonyl (C=O) groups excluding carboxylic acids is 2. The number of hydrogen-bond acceptors (Lipinski definition) is 6. The van der Waals surface area contributed by atoms with E-state index in [0.29, 0.717) is 22.6 Å². The SMILES string of the molecule is C=CC(=O)Nc1cc(OC)cc(-c2cnc3c(c2)c(-c2cccc(C#N)c2)cn3COC(C)=O)c1. The third-order valence-electron chi connectivity index (χ3n) is 5.35. The first-order valence-electron chi connectivity index (χ1n) is 10.7. The number of fused-ring (bicyclic) bond motifs is 1. The van der Waals surface area contributed by atoms with Crippen LogP contribution in [0.4, 0.5) is 5.69 Å². The van der Waals surface area contributed by atoms with Crippen LogP contribution in [0.15, 0.2) is 73.6 Å². The molecule has 0 bridgehead atoms. The number of anilines is 1. The van der Waals surface area contributed by atoms with E-state index in [2.05, 4.69) is 22.9 Å². The van der Waals surface area contributed by atoms with Crippen LogP contribution < -0.4 is 10.1 Å². The van der Waals surface area contributed by atoms with E-state index in [4.69, 9.17) is 9.47 Å². The molecular weight excluding hydrogens is 444 g/mol. The van der Waals surface area contributed by atoms with Crippen molar-refractivity contribution in [2.45, 2.75) is 13.7 Å². The summed E-state index contributed by atoms with van der Waals surface area (Å²) >= 11 is 0. The number of methoxy groups -OCH3 is 1. The third kappa shape index (κ3) is 5.04. The van der Waals surface area contributed by atoms with Crippen LogP contribution in [0.1, 0.15) is 12.5 Å². The van der Waals surface area contributed by atoms with Crippen LogP contribution in [0.3, 0.4) is 0 Å². The van der Waals surface area contributed by atoms with Gasteiger partial charge < -0.3 is 14.8 Å². The van der Waals surface area contributed by atoms with Crippen LogP contribution in [0.25, 0.3) is 33.3 Å². The van der Waals surface area contributed by atoms with Gasteiger partial charge in [0.15, 0.2) is 6.73 Å². The number of aromatic nitrogens is 2. The Balaban J connectivity index is 1.88. The van der Waals surface area contributed by atoms with E-state index in [9.17, 15) is 14.9 Å². The second-order valence-electron chi connectivity index (χ2n) is 7.71. The van der Waals surface area contributed by atoms with Crippen LogP contribution in [-0.2, 0) is 21.1 Å². The van der Waals surface area contributed by atoms with E-state index in [0.717, 1.165) is 27.6 Å². The number of ether oxygens (including phenoxy) is 2. The fraction of sp³-hybridized carbons (Fsp3) is 0.111. The Labute approximate surface area is 202 Å². The molecule has 0 unspecified atom stereocenters. The van der Waals surface area contributed by atoms with Crippen molar-refractivity contribution in [2.75, 3.05) is 12.4 Å². The molecule has 35 heavy (non-hydrogen) atoms. The molecular formula is C27H22N4O4. The van der Waals surface area contributed by atoms with Gasteiger partial charge in [0.05, 0.1) is 18.7 Å². The van der Waals surface area contributed by atoms with Crippen molar-refractivity contribution in [1.82, 2.24) is 9.55 Å². The Hall–Kier alpha value is -4.90. The molecule has 0 aliphatic carbocycles. The van der Waals surface area contributed by atoms with Crippen LogP contribution in [0.5, 0.6) is 5.75 Å². The zero-order chi connectivity index (χ0) is 24.9. The average molecular weight is 466 g/mol. The summed E-state index contributed by atoms with van der Waals surface area (Å²) in [7, 11) is 1.55. The average Bonchev–Trinajstić information content (AvgIpc) is 3.25. The number of hydrogen-bond donors (Lipinski definition) is 1. The van der Waals surface area contributed by atoms with Gasteiger partial charge in [-0.3, -0.25) is 14.2 Å². The molecule has 1 N–H and O–H groups in total. The summed E-state index contributed by atoms with van der Waals surface area (Å²) in [5.74, 6) is -0.168. The summed E-state index contributed by atoms with van der Waals surface area (Å²) in [5, 5.41) is 12.9. The van der Waals surface area contributed by atoms with Gasteiger partial charge >= 0.3 is 5.97 Å². The predicted octanol–water partition coefficient (Wildman–Crippen LogP) is 4.90. The lowest BCUT2D eigenvalue weighted by atomic mass is 10.0. The minimum Gasteiger partial charge on any atom is -0.497 e. The largest absolute Gasteiger partial charge is 0.497 e. The molecule has 0 radical (unpaired) electrons. The summed E-state index contributed by atoms with van der Waals surface area (Å²) in [6.45, 7) is 4.84. The number of amides is 1. The minimum absolute atomic E-state index is 0.00696. The highest BCUT2D eigenvalue weighted by Crippen LogP contribution is 2.35. The number of nitrogens with one attached hydrogen (secondary N) is 1. The zero-order valence-corrected chi connectivity index (χ0v) is 19.2. The maximum Gasteiger partial charge on any atom is 0.304 e. The van der Waals surface area contributed by atoms with E-state index in [1.807, 2.05) is 36.5 Å². The smallest absolute Gasteiger partial charge is 0.304 e. The zero-order valence-electron chi connectivity index (χ0n) is 19.2. The molecule has 2 aromatic heterocycles. The number of nitrogens with zero attached hydrogens (tertiary/aromatic N) is 3. The fourth-order valence-corrected chi connectivity index (χ4v) is 3.72. The summed E-state index contributed by atoms with van der Waals surface area (Å²) in [6, 6.07) is 16.8. The second-order valence-corrected chi connectivity index (χ2v) is 7.71. The Morgan fingerprint density at radius 3 is 2.71 bits per heavy atom. The lowest BCUT2D eigenvalue weighted by Crippen LogP contribution is -2.07. The maximum absolute atomic E-state index is 11.8. The number of carbonyl (C=O) groups is 2. The normalized spacial score (nSPS) is 10.4. The van der Waals surface area contributed by atoms with E-state index < -0.39 is 5.97 Å². The standard InChI is InChI=1S/C27H22N4O4/c1-4-26(33)30-22-9-20(10-23(12-22)34-3)21-11-24-25(19-7-5-6-18(8-19)13-28)15-31(16-35-17(2)32)27(24)29-14-21/h4-12,14-15H,1,16H2,2-3H3,(H,30,33). The summed E-state index contributed by atoms with van der Waals surface area (Å²) in [5.41, 5.74) is 4.94. The highest BCUT2D eigenvalue weighted by atomic mass is 16.5. The molecule has 0 aliphatic rings. The topological polar surface area (TPSA) is 106 Å². The molecule has 0 saturated heterocycles. The van der Waals surface area contributed by atoms with Gasteiger partial charge in [0.2, 0.25) is 5.91 Å². The Kier molecular flexibility index (Phi) is 6.60. The minimum atomic E-state index is -0.401. The van der Waals surface area contributed by atoms with Gasteiger partial charge in [-0.15, -0.1) is 0 Å². The van der Waals surface area contributed by atoms with Crippen LogP contribution in [0, 0.1) is 11.3 Å². The van der Waals surface area contributed by atoms with Crippen LogP contribution in [-0.4, -0.2) is 28.5 Å². The lowest BCUT2D eigenvalue weighted by molar-refractivity contribution is -0.144. The molecule has 0 saturated carbocycles. The molecule has 2 heterocycles. The first-order chi connectivity index (χ1) is 16.9. The first kappa shape index (κ1) is 23.3. The third-order valence-corrected chi connectivity index (χ3v) is 5.35. The van der Waals surface area contributed by atoms with E-state index >= 15 is 0 Å². The van der Waals surface area contributed by atoms with Crippen molar-refractivity contribution in [2.24, 2.45) is 0 Å². The molecule has 0 spiro atoms. The van der Waals surface area contributed by atoms with Crippen molar-refractivity contribution in [3.8, 4) is 34.1 Å². The molecule has 8 heteroatoms. The molecule has 0 fully saturated rings. The van der Waals surface area contributed by atoms with Gasteiger partial charge in [-0.05, 0) is 47.5 Å². The molecule has 4 rings (SSSR count). The predicted molar refractivity (Wildman–Crippen MR) is 132 cm³/mol. The number of rotatable bonds is 7. The molecule has 174 valence electrons. The Morgan fingerprint density at radius 2 is 2.00 bits per heavy atom. The van der Waals surface area contributed by atoms with Gasteiger partial charge in [-0.25, -0.2) is 4.98 Å². The maximum atomic E-state index is 11.8. The van der Waals surface area contributed by atoms with Crippen molar-refractivity contribution in [1.29, 1.82) is 5.26 Å². The molecule has 8 nitrogen and oxygen atoms in total. The quantitative estimate of drug-likeness (QED) is 0.307. The molecule has 0 aliphatic heterocycles. The van der Waals surface area contributed by atoms with Gasteiger partial charge in [0.25, 0.3) is 0 Å². The molecule has 0 atom stereocenters. The van der Waals surface area contributed by atoms with Crippen molar-refractivity contribution < 1.29 is 19.1 Å². The number of nitriles is 1. The number of esters is 1.